The van der Waals surface area contributed by atoms with Gasteiger partial charge in [-0.3, -0.25) is 4.79 Å². The molecule has 3 nitrogen and oxygen atoms in total. The van der Waals surface area contributed by atoms with Crippen molar-refractivity contribution < 1.29 is 4.79 Å². The molecule has 1 amide bonds. The molecule has 1 aliphatic rings. The minimum Gasteiger partial charge on any atom is -0.368 e. The van der Waals surface area contributed by atoms with Crippen LogP contribution in [-0.2, 0) is 11.2 Å². The number of hydrogen-bond acceptors (Lipinski definition) is 2. The van der Waals surface area contributed by atoms with Crippen LogP contribution in [0.15, 0.2) is 54.6 Å². The highest BCUT2D eigenvalue weighted by atomic mass is 16.1. The monoisotopic (exact) mass is 308 g/mol. The molecule has 0 spiro atoms. The lowest BCUT2D eigenvalue weighted by atomic mass is 10.1. The van der Waals surface area contributed by atoms with Gasteiger partial charge in [0.05, 0.1) is 6.04 Å². The first kappa shape index (κ1) is 15.6. The largest absolute Gasteiger partial charge is 0.368 e. The number of nitrogens with zero attached hydrogens (tertiary/aromatic N) is 1. The third-order valence-electron chi connectivity index (χ3n) is 4.61. The Kier molecular flexibility index (Phi) is 4.65. The topological polar surface area (TPSA) is 32.3 Å². The number of hydrogen-bond donors (Lipinski definition) is 1. The Bertz CT molecular complexity index is 668. The van der Waals surface area contributed by atoms with Crippen molar-refractivity contribution in [2.45, 2.75) is 38.8 Å². The van der Waals surface area contributed by atoms with Crippen LogP contribution in [0, 0.1) is 0 Å². The Morgan fingerprint density at radius 3 is 2.65 bits per heavy atom. The van der Waals surface area contributed by atoms with E-state index in [-0.39, 0.29) is 11.9 Å². The summed E-state index contributed by atoms with van der Waals surface area (Å²) in [6, 6.07) is 19.1. The second kappa shape index (κ2) is 6.86. The molecule has 2 aromatic rings. The van der Waals surface area contributed by atoms with E-state index in [0.29, 0.717) is 12.5 Å². The van der Waals surface area contributed by atoms with Crippen molar-refractivity contribution in [2.24, 2.45) is 0 Å². The van der Waals surface area contributed by atoms with E-state index in [9.17, 15) is 4.79 Å². The highest BCUT2D eigenvalue weighted by Crippen LogP contribution is 2.31. The predicted octanol–water partition coefficient (Wildman–Crippen LogP) is 3.71. The average Bonchev–Trinajstić information content (AvgIpc) is 2.89. The van der Waals surface area contributed by atoms with Gasteiger partial charge in [-0.2, -0.15) is 0 Å². The van der Waals surface area contributed by atoms with Crippen LogP contribution in [0.25, 0.3) is 0 Å². The van der Waals surface area contributed by atoms with Crippen LogP contribution in [0.2, 0.25) is 0 Å². The van der Waals surface area contributed by atoms with Gasteiger partial charge in [0, 0.05) is 24.7 Å². The number of benzene rings is 2. The van der Waals surface area contributed by atoms with Gasteiger partial charge in [-0.25, -0.2) is 0 Å². The molecule has 0 radical (unpaired) electrons. The van der Waals surface area contributed by atoms with E-state index >= 15 is 0 Å². The maximum absolute atomic E-state index is 12.3. The van der Waals surface area contributed by atoms with E-state index < -0.39 is 0 Å². The fraction of sp³-hybridized carbons (Fsp3) is 0.350. The second-order valence-corrected chi connectivity index (χ2v) is 6.33. The molecule has 0 aromatic heterocycles. The fourth-order valence-corrected chi connectivity index (χ4v) is 3.33. The summed E-state index contributed by atoms with van der Waals surface area (Å²) in [4.78, 5) is 14.6. The Hall–Kier alpha value is -2.29. The molecule has 2 aromatic carbocycles. The number of anilines is 1. The molecule has 2 atom stereocenters. The molecule has 2 unspecified atom stereocenters. The zero-order chi connectivity index (χ0) is 16.2. The van der Waals surface area contributed by atoms with Crippen molar-refractivity contribution in [1.29, 1.82) is 0 Å². The van der Waals surface area contributed by atoms with Crippen molar-refractivity contribution in [3.8, 4) is 0 Å². The molecular weight excluding hydrogens is 284 g/mol. The van der Waals surface area contributed by atoms with Crippen LogP contribution >= 0.6 is 0 Å². The van der Waals surface area contributed by atoms with Gasteiger partial charge in [0.15, 0.2) is 0 Å². The van der Waals surface area contributed by atoms with Gasteiger partial charge in [-0.1, -0.05) is 48.5 Å². The summed E-state index contributed by atoms with van der Waals surface area (Å²) in [5.41, 5.74) is 3.81. The van der Waals surface area contributed by atoms with Crippen molar-refractivity contribution in [2.75, 3.05) is 11.4 Å². The van der Waals surface area contributed by atoms with Gasteiger partial charge in [-0.15, -0.1) is 0 Å². The summed E-state index contributed by atoms with van der Waals surface area (Å²) >= 11 is 0. The van der Waals surface area contributed by atoms with E-state index in [1.807, 2.05) is 37.3 Å². The van der Waals surface area contributed by atoms with Crippen molar-refractivity contribution in [3.05, 3.63) is 65.7 Å². The molecular formula is C20H24N2O. The molecule has 120 valence electrons. The van der Waals surface area contributed by atoms with Gasteiger partial charge in [0.1, 0.15) is 0 Å². The first-order chi connectivity index (χ1) is 11.1. The van der Waals surface area contributed by atoms with E-state index in [0.717, 1.165) is 18.5 Å². The van der Waals surface area contributed by atoms with Gasteiger partial charge in [0.2, 0.25) is 5.91 Å². The SMILES string of the molecule is CC(NC(=O)CCN1c2ccccc2CC1C)c1ccccc1. The molecule has 1 N–H and O–H groups in total. The van der Waals surface area contributed by atoms with Crippen LogP contribution in [0.3, 0.4) is 0 Å². The maximum Gasteiger partial charge on any atom is 0.222 e. The Morgan fingerprint density at radius 2 is 1.87 bits per heavy atom. The molecule has 23 heavy (non-hydrogen) atoms. The molecule has 3 heteroatoms. The van der Waals surface area contributed by atoms with Gasteiger partial charge in [0.25, 0.3) is 0 Å². The number of amides is 1. The lowest BCUT2D eigenvalue weighted by Gasteiger charge is -2.25. The Morgan fingerprint density at radius 1 is 1.17 bits per heavy atom. The fourth-order valence-electron chi connectivity index (χ4n) is 3.33. The van der Waals surface area contributed by atoms with Crippen molar-refractivity contribution in [1.82, 2.24) is 5.32 Å². The number of carbonyl (C=O) groups excluding carboxylic acids is 1. The number of rotatable bonds is 5. The molecule has 0 saturated heterocycles. The number of para-hydroxylation sites is 1. The molecule has 0 fully saturated rings. The van der Waals surface area contributed by atoms with Gasteiger partial charge in [-0.05, 0) is 37.5 Å². The van der Waals surface area contributed by atoms with E-state index in [2.05, 4.69) is 41.4 Å². The first-order valence-electron chi connectivity index (χ1n) is 8.34. The summed E-state index contributed by atoms with van der Waals surface area (Å²) in [6.45, 7) is 5.02. The van der Waals surface area contributed by atoms with Crippen LogP contribution in [-0.4, -0.2) is 18.5 Å². The van der Waals surface area contributed by atoms with Crippen LogP contribution in [0.5, 0.6) is 0 Å². The minimum atomic E-state index is 0.0481. The second-order valence-electron chi connectivity index (χ2n) is 6.33. The normalized spacial score (nSPS) is 17.7. The molecule has 3 rings (SSSR count). The van der Waals surface area contributed by atoms with Crippen LogP contribution in [0.1, 0.15) is 37.4 Å². The molecule has 1 heterocycles. The van der Waals surface area contributed by atoms with E-state index in [4.69, 9.17) is 0 Å². The third-order valence-corrected chi connectivity index (χ3v) is 4.61. The molecule has 0 saturated carbocycles. The minimum absolute atomic E-state index is 0.0481. The lowest BCUT2D eigenvalue weighted by Crippen LogP contribution is -2.35. The zero-order valence-electron chi connectivity index (χ0n) is 13.8. The van der Waals surface area contributed by atoms with Gasteiger partial charge < -0.3 is 10.2 Å². The number of carbonyl (C=O) groups is 1. The predicted molar refractivity (Wildman–Crippen MR) is 94.6 cm³/mol. The summed E-state index contributed by atoms with van der Waals surface area (Å²) in [5, 5.41) is 3.09. The third kappa shape index (κ3) is 3.55. The summed E-state index contributed by atoms with van der Waals surface area (Å²) in [5.74, 6) is 0.109. The standard InChI is InChI=1S/C20H24N2O/c1-15-14-18-10-6-7-11-19(18)22(15)13-12-20(23)21-16(2)17-8-4-3-5-9-17/h3-11,15-16H,12-14H2,1-2H3,(H,21,23). The average molecular weight is 308 g/mol. The van der Waals surface area contributed by atoms with Crippen LogP contribution < -0.4 is 10.2 Å². The lowest BCUT2D eigenvalue weighted by molar-refractivity contribution is -0.121. The molecule has 1 aliphatic heterocycles. The van der Waals surface area contributed by atoms with Crippen molar-refractivity contribution >= 4 is 11.6 Å². The summed E-state index contributed by atoms with van der Waals surface area (Å²) in [7, 11) is 0. The summed E-state index contributed by atoms with van der Waals surface area (Å²) < 4.78 is 0. The number of fused-ring (bicyclic) bond motifs is 1. The van der Waals surface area contributed by atoms with Gasteiger partial charge >= 0.3 is 0 Å². The van der Waals surface area contributed by atoms with Crippen molar-refractivity contribution in [3.63, 3.8) is 0 Å². The quantitative estimate of drug-likeness (QED) is 0.913. The van der Waals surface area contributed by atoms with Crippen LogP contribution in [0.4, 0.5) is 5.69 Å². The zero-order valence-corrected chi connectivity index (χ0v) is 13.8. The smallest absolute Gasteiger partial charge is 0.222 e. The molecule has 0 aliphatic carbocycles. The van der Waals surface area contributed by atoms with E-state index in [1.54, 1.807) is 0 Å². The van der Waals surface area contributed by atoms with E-state index in [1.165, 1.54) is 11.3 Å². The summed E-state index contributed by atoms with van der Waals surface area (Å²) in [6.07, 6.45) is 1.59. The highest BCUT2D eigenvalue weighted by Gasteiger charge is 2.25. The highest BCUT2D eigenvalue weighted by molar-refractivity contribution is 5.77. The maximum atomic E-state index is 12.3. The Labute approximate surface area is 138 Å². The molecule has 0 bridgehead atoms. The number of nitrogens with one attached hydrogen (secondary N) is 1. The first-order valence-corrected chi connectivity index (χ1v) is 8.34. The Balaban J connectivity index is 1.55.